The molecule has 4 heteroatoms. The summed E-state index contributed by atoms with van der Waals surface area (Å²) in [5.41, 5.74) is 3.05. The molecule has 0 N–H and O–H groups in total. The fourth-order valence-corrected chi connectivity index (χ4v) is 3.98. The lowest BCUT2D eigenvalue weighted by molar-refractivity contribution is 0.820. The van der Waals surface area contributed by atoms with Crippen LogP contribution in [0.4, 0.5) is 0 Å². The molecular weight excluding hydrogens is 238 g/mol. The Morgan fingerprint density at radius 2 is 1.88 bits per heavy atom. The molecule has 2 rings (SSSR count). The first-order valence-electron chi connectivity index (χ1n) is 5.45. The summed E-state index contributed by atoms with van der Waals surface area (Å²) in [5.74, 6) is 0.530. The first kappa shape index (κ1) is 11.7. The van der Waals surface area contributed by atoms with E-state index in [0.717, 1.165) is 21.7 Å². The van der Waals surface area contributed by atoms with Crippen molar-refractivity contribution in [2.75, 3.05) is 0 Å². The lowest BCUT2D eigenvalue weighted by Crippen LogP contribution is -2.18. The maximum absolute atomic E-state index is 12.3. The monoisotopic (exact) mass is 253 g/mol. The Labute approximate surface area is 103 Å². The Kier molecular flexibility index (Phi) is 3.13. The van der Waals surface area contributed by atoms with Gasteiger partial charge in [-0.15, -0.1) is 0 Å². The second-order valence-electron chi connectivity index (χ2n) is 4.62. The van der Waals surface area contributed by atoms with Crippen LogP contribution < -0.4 is 5.43 Å². The molecule has 1 heterocycles. The van der Waals surface area contributed by atoms with E-state index in [1.165, 1.54) is 10.5 Å². The first-order chi connectivity index (χ1) is 7.52. The molecular formula is C12H15NOS2. The van der Waals surface area contributed by atoms with Gasteiger partial charge in [-0.1, -0.05) is 38.0 Å². The minimum absolute atomic E-state index is 0.217. The van der Waals surface area contributed by atoms with E-state index in [0.29, 0.717) is 0 Å². The smallest absolute Gasteiger partial charge is 0.187 e. The zero-order valence-electron chi connectivity index (χ0n) is 9.90. The van der Waals surface area contributed by atoms with E-state index in [4.69, 9.17) is 0 Å². The fraction of sp³-hybridized carbons (Fsp3) is 0.500. The summed E-state index contributed by atoms with van der Waals surface area (Å²) in [6.45, 7) is 8.26. The Bertz CT molecular complexity index is 524. The van der Waals surface area contributed by atoms with E-state index in [2.05, 4.69) is 32.1 Å². The molecule has 0 amide bonds. The minimum Gasteiger partial charge on any atom is -0.289 e. The first-order valence-corrected chi connectivity index (χ1v) is 7.55. The summed E-state index contributed by atoms with van der Waals surface area (Å²) in [7, 11) is 3.07. The summed E-state index contributed by atoms with van der Waals surface area (Å²) >= 11 is 0. The highest BCUT2D eigenvalue weighted by Crippen LogP contribution is 2.35. The fourth-order valence-electron chi connectivity index (χ4n) is 1.88. The lowest BCUT2D eigenvalue weighted by atomic mass is 9.92. The van der Waals surface area contributed by atoms with Crippen LogP contribution in [0.5, 0.6) is 0 Å². The summed E-state index contributed by atoms with van der Waals surface area (Å²) < 4.78 is 4.37. The summed E-state index contributed by atoms with van der Waals surface area (Å²) in [6.07, 6.45) is 0. The van der Waals surface area contributed by atoms with Crippen molar-refractivity contribution in [1.82, 2.24) is 4.37 Å². The molecule has 1 aliphatic carbocycles. The largest absolute Gasteiger partial charge is 0.289 e. The van der Waals surface area contributed by atoms with Crippen molar-refractivity contribution < 1.29 is 0 Å². The molecule has 0 fully saturated rings. The summed E-state index contributed by atoms with van der Waals surface area (Å²) in [4.78, 5) is 13.4. The topological polar surface area (TPSA) is 30.0 Å². The van der Waals surface area contributed by atoms with Crippen LogP contribution in [0.3, 0.4) is 0 Å². The number of hydrogen-bond donors (Lipinski definition) is 0. The molecule has 1 aliphatic heterocycles. The predicted octanol–water partition coefficient (Wildman–Crippen LogP) is 3.92. The van der Waals surface area contributed by atoms with Gasteiger partial charge in [0.2, 0.25) is 0 Å². The second kappa shape index (κ2) is 4.26. The SMILES string of the molecule is CC(C)c1cc2nssc-2c(C(C)C)c1=O. The molecule has 0 saturated heterocycles. The lowest BCUT2D eigenvalue weighted by Gasteiger charge is -2.13. The number of hydrogen-bond acceptors (Lipinski definition) is 4. The molecule has 16 heavy (non-hydrogen) atoms. The molecule has 0 saturated carbocycles. The van der Waals surface area contributed by atoms with E-state index in [9.17, 15) is 4.79 Å². The third-order valence-electron chi connectivity index (χ3n) is 2.73. The summed E-state index contributed by atoms with van der Waals surface area (Å²) in [5, 5.41) is 0. The normalized spacial score (nSPS) is 11.9. The highest BCUT2D eigenvalue weighted by Gasteiger charge is 2.21. The molecule has 0 aromatic rings. The van der Waals surface area contributed by atoms with Crippen LogP contribution in [-0.4, -0.2) is 4.37 Å². The van der Waals surface area contributed by atoms with Crippen molar-refractivity contribution in [2.45, 2.75) is 39.5 Å². The van der Waals surface area contributed by atoms with Gasteiger partial charge in [-0.05, 0) is 17.9 Å². The van der Waals surface area contributed by atoms with Crippen LogP contribution in [0.15, 0.2) is 10.9 Å². The molecule has 0 radical (unpaired) electrons. The molecule has 2 aliphatic rings. The Balaban J connectivity index is 2.82. The van der Waals surface area contributed by atoms with Crippen molar-refractivity contribution in [3.8, 4) is 10.6 Å². The van der Waals surface area contributed by atoms with Crippen LogP contribution in [0.1, 0.15) is 50.7 Å². The molecule has 0 spiro atoms. The van der Waals surface area contributed by atoms with Crippen LogP contribution in [-0.2, 0) is 0 Å². The third-order valence-corrected chi connectivity index (χ3v) is 4.62. The second-order valence-corrected chi connectivity index (χ2v) is 6.47. The van der Waals surface area contributed by atoms with Crippen LogP contribution in [0.2, 0.25) is 0 Å². The zero-order valence-corrected chi connectivity index (χ0v) is 11.5. The minimum atomic E-state index is 0.217. The molecule has 0 atom stereocenters. The summed E-state index contributed by atoms with van der Waals surface area (Å²) in [6, 6.07) is 1.96. The zero-order chi connectivity index (χ0) is 11.9. The van der Waals surface area contributed by atoms with Gasteiger partial charge in [-0.25, -0.2) is 0 Å². The number of nitrogens with zero attached hydrogens (tertiary/aromatic N) is 1. The molecule has 2 nitrogen and oxygen atoms in total. The third kappa shape index (κ3) is 1.80. The highest BCUT2D eigenvalue weighted by molar-refractivity contribution is 7.68. The molecule has 0 aromatic heterocycles. The predicted molar refractivity (Wildman–Crippen MR) is 71.1 cm³/mol. The van der Waals surface area contributed by atoms with Crippen molar-refractivity contribution in [3.05, 3.63) is 27.4 Å². The van der Waals surface area contributed by atoms with Crippen molar-refractivity contribution in [2.24, 2.45) is 0 Å². The van der Waals surface area contributed by atoms with Gasteiger partial charge in [-0.3, -0.25) is 4.79 Å². The maximum Gasteiger partial charge on any atom is 0.187 e. The van der Waals surface area contributed by atoms with Gasteiger partial charge in [-0.2, -0.15) is 4.37 Å². The molecule has 0 aromatic carbocycles. The Morgan fingerprint density at radius 3 is 2.44 bits per heavy atom. The average Bonchev–Trinajstić information content (AvgIpc) is 2.62. The van der Waals surface area contributed by atoms with Crippen molar-refractivity contribution in [3.63, 3.8) is 0 Å². The van der Waals surface area contributed by atoms with E-state index < -0.39 is 0 Å². The highest BCUT2D eigenvalue weighted by atomic mass is 32.9. The van der Waals surface area contributed by atoms with Gasteiger partial charge >= 0.3 is 0 Å². The number of rotatable bonds is 2. The average molecular weight is 253 g/mol. The van der Waals surface area contributed by atoms with Gasteiger partial charge in [0.25, 0.3) is 0 Å². The van der Waals surface area contributed by atoms with Gasteiger partial charge in [0.1, 0.15) is 0 Å². The van der Waals surface area contributed by atoms with Crippen molar-refractivity contribution in [1.29, 1.82) is 0 Å². The van der Waals surface area contributed by atoms with E-state index >= 15 is 0 Å². The molecule has 0 unspecified atom stereocenters. The Hall–Kier alpha value is -0.740. The van der Waals surface area contributed by atoms with Crippen molar-refractivity contribution >= 4 is 20.9 Å². The number of fused-ring (bicyclic) bond motifs is 1. The van der Waals surface area contributed by atoms with E-state index in [1.54, 1.807) is 10.3 Å². The number of aromatic nitrogens is 1. The maximum atomic E-state index is 12.3. The van der Waals surface area contributed by atoms with Gasteiger partial charge in [0, 0.05) is 21.7 Å². The standard InChI is InChI=1S/C12H15NOS2/c1-6(2)8-5-9-12(15-16-13-9)10(7(3)4)11(8)14/h5-7H,1-4H3. The molecule has 86 valence electrons. The van der Waals surface area contributed by atoms with E-state index in [1.807, 2.05) is 6.07 Å². The van der Waals surface area contributed by atoms with Crippen LogP contribution in [0, 0.1) is 0 Å². The van der Waals surface area contributed by atoms with E-state index in [-0.39, 0.29) is 17.3 Å². The van der Waals surface area contributed by atoms with Gasteiger partial charge in [0.15, 0.2) is 5.43 Å². The number of benzene rings is 1. The van der Waals surface area contributed by atoms with Crippen LogP contribution >= 0.6 is 20.9 Å². The molecule has 0 bridgehead atoms. The quantitative estimate of drug-likeness (QED) is 0.759. The van der Waals surface area contributed by atoms with Crippen LogP contribution in [0.25, 0.3) is 10.6 Å². The van der Waals surface area contributed by atoms with Gasteiger partial charge < -0.3 is 0 Å². The Morgan fingerprint density at radius 1 is 1.19 bits per heavy atom. The van der Waals surface area contributed by atoms with Gasteiger partial charge in [0.05, 0.1) is 10.6 Å².